The first kappa shape index (κ1) is 18.6. The van der Waals surface area contributed by atoms with E-state index < -0.39 is 11.7 Å². The van der Waals surface area contributed by atoms with Crippen molar-refractivity contribution >= 4 is 23.2 Å². The molecule has 2 aromatic rings. The zero-order valence-corrected chi connectivity index (χ0v) is 15.2. The molecule has 0 saturated heterocycles. The highest BCUT2D eigenvalue weighted by atomic mass is 19.1. The summed E-state index contributed by atoms with van der Waals surface area (Å²) in [7, 11) is 3.68. The molecule has 0 unspecified atom stereocenters. The van der Waals surface area contributed by atoms with E-state index in [2.05, 4.69) is 5.32 Å². The Balaban J connectivity index is 2.45. The minimum atomic E-state index is -0.615. The van der Waals surface area contributed by atoms with Crippen molar-refractivity contribution in [3.05, 3.63) is 42.2 Å². The van der Waals surface area contributed by atoms with E-state index in [0.717, 1.165) is 5.69 Å². The van der Waals surface area contributed by atoms with Gasteiger partial charge in [-0.3, -0.25) is 5.32 Å². The van der Waals surface area contributed by atoms with Crippen molar-refractivity contribution in [1.82, 2.24) is 0 Å². The fourth-order valence-electron chi connectivity index (χ4n) is 2.39. The second kappa shape index (κ2) is 7.01. The van der Waals surface area contributed by atoms with Gasteiger partial charge in [0.2, 0.25) is 0 Å². The molecule has 5 nitrogen and oxygen atoms in total. The molecular weight excluding hydrogens is 321 g/mol. The minimum Gasteiger partial charge on any atom is -0.444 e. The lowest BCUT2D eigenvalue weighted by Gasteiger charge is -2.23. The van der Waals surface area contributed by atoms with Gasteiger partial charge in [-0.05, 0) is 39.0 Å². The Labute approximate surface area is 147 Å². The van der Waals surface area contributed by atoms with Gasteiger partial charge in [-0.1, -0.05) is 18.2 Å². The number of carbonyl (C=O) groups is 1. The molecule has 0 bridgehead atoms. The predicted octanol–water partition coefficient (Wildman–Crippen LogP) is 4.49. The molecule has 134 valence electrons. The molecule has 25 heavy (non-hydrogen) atoms. The average molecular weight is 345 g/mol. The second-order valence-corrected chi connectivity index (χ2v) is 6.96. The standard InChI is InChI=1S/C19H24FN3O2/c1-19(2,3)25-18(24)22-16-11-17(23(4)5)13(10-15(16)21)12-8-6-7-9-14(12)20/h6-11H,21H2,1-5H3,(H,22,24). The van der Waals surface area contributed by atoms with Gasteiger partial charge >= 0.3 is 6.09 Å². The molecule has 0 radical (unpaired) electrons. The number of nitrogens with zero attached hydrogens (tertiary/aromatic N) is 1. The largest absolute Gasteiger partial charge is 0.444 e. The third-order valence-electron chi connectivity index (χ3n) is 3.45. The van der Waals surface area contributed by atoms with Gasteiger partial charge in [-0.25, -0.2) is 9.18 Å². The van der Waals surface area contributed by atoms with Crippen LogP contribution in [-0.4, -0.2) is 25.8 Å². The lowest BCUT2D eigenvalue weighted by Crippen LogP contribution is -2.27. The number of anilines is 3. The van der Waals surface area contributed by atoms with Crippen LogP contribution in [0.2, 0.25) is 0 Å². The fourth-order valence-corrected chi connectivity index (χ4v) is 2.39. The SMILES string of the molecule is CN(C)c1cc(NC(=O)OC(C)(C)C)c(N)cc1-c1ccccc1F. The number of halogens is 1. The maximum atomic E-state index is 14.2. The van der Waals surface area contributed by atoms with Gasteiger partial charge in [0.15, 0.2) is 0 Å². The Morgan fingerprint density at radius 3 is 2.36 bits per heavy atom. The first-order valence-electron chi connectivity index (χ1n) is 7.94. The Morgan fingerprint density at radius 2 is 1.80 bits per heavy atom. The van der Waals surface area contributed by atoms with Gasteiger partial charge in [0.05, 0.1) is 11.4 Å². The predicted molar refractivity (Wildman–Crippen MR) is 100 cm³/mol. The molecule has 2 rings (SSSR count). The summed E-state index contributed by atoms with van der Waals surface area (Å²) in [6.45, 7) is 5.34. The molecule has 2 aromatic carbocycles. The highest BCUT2D eigenvalue weighted by Crippen LogP contribution is 2.37. The molecule has 0 fully saturated rings. The van der Waals surface area contributed by atoms with Gasteiger partial charge in [0.25, 0.3) is 0 Å². The zero-order valence-electron chi connectivity index (χ0n) is 15.2. The quantitative estimate of drug-likeness (QED) is 0.805. The first-order chi connectivity index (χ1) is 11.6. The van der Waals surface area contributed by atoms with Crippen LogP contribution >= 0.6 is 0 Å². The third-order valence-corrected chi connectivity index (χ3v) is 3.45. The van der Waals surface area contributed by atoms with Crippen LogP contribution in [-0.2, 0) is 4.74 Å². The van der Waals surface area contributed by atoms with Gasteiger partial charge in [0, 0.05) is 30.9 Å². The Bertz CT molecular complexity index is 783. The maximum absolute atomic E-state index is 14.2. The number of amides is 1. The van der Waals surface area contributed by atoms with Crippen LogP contribution in [0.3, 0.4) is 0 Å². The monoisotopic (exact) mass is 345 g/mol. The van der Waals surface area contributed by atoms with Gasteiger partial charge in [0.1, 0.15) is 11.4 Å². The van der Waals surface area contributed by atoms with Crippen LogP contribution in [0.15, 0.2) is 36.4 Å². The number of benzene rings is 2. The highest BCUT2D eigenvalue weighted by Gasteiger charge is 2.19. The van der Waals surface area contributed by atoms with Crippen molar-refractivity contribution in [3.63, 3.8) is 0 Å². The summed E-state index contributed by atoms with van der Waals surface area (Å²) >= 11 is 0. The molecular formula is C19H24FN3O2. The van der Waals surface area contributed by atoms with Crippen LogP contribution < -0.4 is 16.0 Å². The van der Waals surface area contributed by atoms with Crippen molar-refractivity contribution in [2.45, 2.75) is 26.4 Å². The molecule has 0 atom stereocenters. The molecule has 0 spiro atoms. The van der Waals surface area contributed by atoms with Crippen molar-refractivity contribution in [2.24, 2.45) is 0 Å². The van der Waals surface area contributed by atoms with E-state index in [1.807, 2.05) is 19.0 Å². The summed E-state index contributed by atoms with van der Waals surface area (Å²) in [5.41, 5.74) is 8.03. The van der Waals surface area contributed by atoms with E-state index in [0.29, 0.717) is 22.5 Å². The average Bonchev–Trinajstić information content (AvgIpc) is 2.47. The smallest absolute Gasteiger partial charge is 0.412 e. The Hall–Kier alpha value is -2.76. The van der Waals surface area contributed by atoms with E-state index in [-0.39, 0.29) is 5.82 Å². The molecule has 0 saturated carbocycles. The molecule has 1 amide bonds. The first-order valence-corrected chi connectivity index (χ1v) is 7.94. The second-order valence-electron chi connectivity index (χ2n) is 6.96. The summed E-state index contributed by atoms with van der Waals surface area (Å²) < 4.78 is 19.4. The summed E-state index contributed by atoms with van der Waals surface area (Å²) in [6.07, 6.45) is -0.595. The van der Waals surface area contributed by atoms with E-state index in [1.54, 1.807) is 51.1 Å². The number of rotatable bonds is 3. The lowest BCUT2D eigenvalue weighted by atomic mass is 10.0. The molecule has 0 aliphatic carbocycles. The number of hydrogen-bond acceptors (Lipinski definition) is 4. The van der Waals surface area contributed by atoms with Crippen molar-refractivity contribution < 1.29 is 13.9 Å². The zero-order chi connectivity index (χ0) is 18.8. The number of hydrogen-bond donors (Lipinski definition) is 2. The number of nitrogens with one attached hydrogen (secondary N) is 1. The van der Waals surface area contributed by atoms with Crippen molar-refractivity contribution in [3.8, 4) is 11.1 Å². The van der Waals surface area contributed by atoms with Gasteiger partial charge in [-0.2, -0.15) is 0 Å². The third kappa shape index (κ3) is 4.62. The maximum Gasteiger partial charge on any atom is 0.412 e. The Kier molecular flexibility index (Phi) is 5.21. The molecule has 0 aliphatic heterocycles. The van der Waals surface area contributed by atoms with Gasteiger partial charge in [-0.15, -0.1) is 0 Å². The van der Waals surface area contributed by atoms with E-state index in [9.17, 15) is 9.18 Å². The molecule has 6 heteroatoms. The van der Waals surface area contributed by atoms with Crippen LogP contribution in [0, 0.1) is 5.82 Å². The number of carbonyl (C=O) groups excluding carboxylic acids is 1. The number of nitrogen functional groups attached to an aromatic ring is 1. The molecule has 0 heterocycles. The summed E-state index contributed by atoms with van der Waals surface area (Å²) in [4.78, 5) is 13.8. The fraction of sp³-hybridized carbons (Fsp3) is 0.316. The van der Waals surface area contributed by atoms with Crippen LogP contribution in [0.25, 0.3) is 11.1 Å². The normalized spacial score (nSPS) is 11.1. The molecule has 0 aliphatic rings. The molecule has 3 N–H and O–H groups in total. The van der Waals surface area contributed by atoms with E-state index >= 15 is 0 Å². The summed E-state index contributed by atoms with van der Waals surface area (Å²) in [5, 5.41) is 2.65. The van der Waals surface area contributed by atoms with Crippen LogP contribution in [0.4, 0.5) is 26.2 Å². The number of nitrogens with two attached hydrogens (primary N) is 1. The van der Waals surface area contributed by atoms with Crippen molar-refractivity contribution in [1.29, 1.82) is 0 Å². The van der Waals surface area contributed by atoms with Crippen LogP contribution in [0.5, 0.6) is 0 Å². The van der Waals surface area contributed by atoms with E-state index in [1.165, 1.54) is 6.07 Å². The van der Waals surface area contributed by atoms with Crippen LogP contribution in [0.1, 0.15) is 20.8 Å². The van der Waals surface area contributed by atoms with Crippen molar-refractivity contribution in [2.75, 3.05) is 30.0 Å². The van der Waals surface area contributed by atoms with E-state index in [4.69, 9.17) is 10.5 Å². The Morgan fingerprint density at radius 1 is 1.16 bits per heavy atom. The lowest BCUT2D eigenvalue weighted by molar-refractivity contribution is 0.0636. The van der Waals surface area contributed by atoms with Gasteiger partial charge < -0.3 is 15.4 Å². The summed E-state index contributed by atoms with van der Waals surface area (Å²) in [5.74, 6) is -0.335. The summed E-state index contributed by atoms with van der Waals surface area (Å²) in [6, 6.07) is 9.86. The minimum absolute atomic E-state index is 0.328. The number of ether oxygens (including phenoxy) is 1. The molecule has 0 aromatic heterocycles. The topological polar surface area (TPSA) is 67.6 Å². The highest BCUT2D eigenvalue weighted by molar-refractivity contribution is 5.94.